The van der Waals surface area contributed by atoms with Gasteiger partial charge in [-0.2, -0.15) is 5.10 Å². The lowest BCUT2D eigenvalue weighted by molar-refractivity contribution is -0.123. The summed E-state index contributed by atoms with van der Waals surface area (Å²) in [6.45, 7) is 0.256. The predicted octanol–water partition coefficient (Wildman–Crippen LogP) is 3.11. The molecule has 0 aliphatic carbocycles. The van der Waals surface area contributed by atoms with E-state index in [9.17, 15) is 14.0 Å². The molecule has 1 atom stereocenters. The highest BCUT2D eigenvalue weighted by atomic mass is 35.5. The van der Waals surface area contributed by atoms with Gasteiger partial charge in [-0.15, -0.1) is 23.7 Å². The minimum absolute atomic E-state index is 0. The summed E-state index contributed by atoms with van der Waals surface area (Å²) in [4.78, 5) is 26.5. The number of ether oxygens (including phenoxy) is 1. The number of carbonyl (C=O) groups excluding carboxylic acids is 1. The lowest BCUT2D eigenvalue weighted by atomic mass is 10.2. The van der Waals surface area contributed by atoms with Crippen molar-refractivity contribution < 1.29 is 13.9 Å². The molecule has 0 saturated carbocycles. The molecule has 3 aromatic rings. The van der Waals surface area contributed by atoms with E-state index in [4.69, 9.17) is 22.1 Å². The van der Waals surface area contributed by atoms with Gasteiger partial charge in [0, 0.05) is 11.4 Å². The van der Waals surface area contributed by atoms with Crippen LogP contribution in [0.25, 0.3) is 0 Å². The molecule has 1 aliphatic rings. The molecule has 1 aromatic carbocycles. The number of fused-ring (bicyclic) bond motifs is 1. The van der Waals surface area contributed by atoms with Gasteiger partial charge in [-0.25, -0.2) is 13.9 Å². The summed E-state index contributed by atoms with van der Waals surface area (Å²) in [7, 11) is 0. The van der Waals surface area contributed by atoms with Crippen molar-refractivity contribution in [2.45, 2.75) is 19.2 Å². The molecule has 1 unspecified atom stereocenters. The first-order valence-electron chi connectivity index (χ1n) is 8.95. The van der Waals surface area contributed by atoms with Gasteiger partial charge in [0.2, 0.25) is 6.10 Å². The van der Waals surface area contributed by atoms with E-state index in [-0.39, 0.29) is 49.2 Å². The zero-order chi connectivity index (χ0) is 21.3. The number of carbonyl (C=O) groups is 1. The molecule has 1 aliphatic heterocycles. The molecular formula is C19H18Cl2FN5O3S. The Bertz CT molecular complexity index is 1190. The van der Waals surface area contributed by atoms with Crippen LogP contribution in [0.1, 0.15) is 15.9 Å². The molecule has 31 heavy (non-hydrogen) atoms. The Morgan fingerprint density at radius 1 is 1.35 bits per heavy atom. The van der Waals surface area contributed by atoms with Crippen molar-refractivity contribution in [3.8, 4) is 5.75 Å². The molecule has 164 valence electrons. The van der Waals surface area contributed by atoms with Crippen molar-refractivity contribution in [3.63, 3.8) is 0 Å². The summed E-state index contributed by atoms with van der Waals surface area (Å²) in [5.74, 6) is 0.178. The minimum atomic E-state index is -0.809. The standard InChI is InChI=1S/C19H17ClFN5O3S.ClH/c20-13-2-1-3-14-16(13)24-18(27)17(29-14)15-5-4-12(30-15)9-25-10-23-26(19(25)28)8-11(6-21)7-22;/h1-6,10,17H,7-9,22H2,(H,24,27);1H/b11-6+;. The van der Waals surface area contributed by atoms with Crippen LogP contribution in [-0.2, 0) is 17.9 Å². The molecule has 2 aromatic heterocycles. The second-order valence-corrected chi connectivity index (χ2v) is 8.18. The second kappa shape index (κ2) is 9.65. The van der Waals surface area contributed by atoms with E-state index >= 15 is 0 Å². The molecule has 3 heterocycles. The van der Waals surface area contributed by atoms with Crippen LogP contribution in [0, 0.1) is 0 Å². The monoisotopic (exact) mass is 485 g/mol. The molecule has 4 rings (SSSR count). The van der Waals surface area contributed by atoms with Crippen LogP contribution in [0.5, 0.6) is 5.75 Å². The van der Waals surface area contributed by atoms with Gasteiger partial charge in [0.15, 0.2) is 0 Å². The van der Waals surface area contributed by atoms with Gasteiger partial charge in [0.25, 0.3) is 5.91 Å². The average Bonchev–Trinajstić information content (AvgIpc) is 3.34. The predicted molar refractivity (Wildman–Crippen MR) is 119 cm³/mol. The Kier molecular flexibility index (Phi) is 7.16. The quantitative estimate of drug-likeness (QED) is 0.557. The lowest BCUT2D eigenvalue weighted by Crippen LogP contribution is -2.29. The second-order valence-electron chi connectivity index (χ2n) is 6.57. The van der Waals surface area contributed by atoms with Gasteiger partial charge in [-0.1, -0.05) is 17.7 Å². The lowest BCUT2D eigenvalue weighted by Gasteiger charge is -2.25. The Labute approximate surface area is 191 Å². The SMILES string of the molecule is Cl.NC/C(=C\F)Cn1ncn(Cc2ccc(C3Oc4cccc(Cl)c4NC3=O)s2)c1=O. The number of thiophene rings is 1. The topological polar surface area (TPSA) is 104 Å². The third-order valence-corrected chi connectivity index (χ3v) is 5.97. The number of nitrogens with one attached hydrogen (secondary N) is 1. The molecule has 1 amide bonds. The highest BCUT2D eigenvalue weighted by Crippen LogP contribution is 2.40. The Balaban J connectivity index is 0.00000272. The number of nitrogens with zero attached hydrogens (tertiary/aromatic N) is 3. The maximum absolute atomic E-state index is 12.7. The van der Waals surface area contributed by atoms with Crippen molar-refractivity contribution >= 4 is 46.9 Å². The van der Waals surface area contributed by atoms with Gasteiger partial charge in [0.05, 0.1) is 29.3 Å². The van der Waals surface area contributed by atoms with Gasteiger partial charge < -0.3 is 15.8 Å². The number of hydrogen-bond acceptors (Lipinski definition) is 6. The number of nitrogens with two attached hydrogens (primary N) is 1. The fraction of sp³-hybridized carbons (Fsp3) is 0.211. The van der Waals surface area contributed by atoms with Crippen LogP contribution in [-0.4, -0.2) is 26.8 Å². The number of aromatic nitrogens is 3. The number of rotatable bonds is 6. The smallest absolute Gasteiger partial charge is 0.346 e. The molecule has 0 spiro atoms. The van der Waals surface area contributed by atoms with Crippen LogP contribution < -0.4 is 21.5 Å². The van der Waals surface area contributed by atoms with Crippen molar-refractivity contribution in [2.75, 3.05) is 11.9 Å². The Hall–Kier alpha value is -2.66. The van der Waals surface area contributed by atoms with E-state index in [2.05, 4.69) is 10.4 Å². The van der Waals surface area contributed by atoms with Crippen LogP contribution in [0.15, 0.2) is 53.4 Å². The molecule has 0 fully saturated rings. The van der Waals surface area contributed by atoms with E-state index in [0.717, 1.165) is 9.56 Å². The Morgan fingerprint density at radius 3 is 2.90 bits per heavy atom. The summed E-state index contributed by atoms with van der Waals surface area (Å²) < 4.78 is 21.1. The van der Waals surface area contributed by atoms with Crippen LogP contribution in [0.3, 0.4) is 0 Å². The van der Waals surface area contributed by atoms with E-state index in [1.54, 1.807) is 24.3 Å². The molecule has 0 saturated heterocycles. The molecule has 0 bridgehead atoms. The van der Waals surface area contributed by atoms with E-state index in [1.807, 2.05) is 6.07 Å². The number of amides is 1. The van der Waals surface area contributed by atoms with Crippen molar-refractivity contribution in [2.24, 2.45) is 5.73 Å². The maximum Gasteiger partial charge on any atom is 0.346 e. The summed E-state index contributed by atoms with van der Waals surface area (Å²) in [6.07, 6.45) is 0.962. The van der Waals surface area contributed by atoms with Crippen molar-refractivity contribution in [3.05, 3.63) is 73.8 Å². The Morgan fingerprint density at radius 2 is 2.16 bits per heavy atom. The largest absolute Gasteiger partial charge is 0.473 e. The summed E-state index contributed by atoms with van der Waals surface area (Å²) in [5.41, 5.74) is 5.76. The van der Waals surface area contributed by atoms with Gasteiger partial charge in [-0.3, -0.25) is 9.36 Å². The number of benzene rings is 1. The minimum Gasteiger partial charge on any atom is -0.473 e. The molecule has 12 heteroatoms. The number of anilines is 1. The number of halogens is 3. The normalized spacial score (nSPS) is 15.6. The molecule has 3 N–H and O–H groups in total. The van der Waals surface area contributed by atoms with E-state index in [1.165, 1.54) is 22.2 Å². The van der Waals surface area contributed by atoms with Crippen LogP contribution in [0.4, 0.5) is 10.1 Å². The van der Waals surface area contributed by atoms with Gasteiger partial charge in [-0.05, 0) is 29.8 Å². The van der Waals surface area contributed by atoms with Crippen LogP contribution in [0.2, 0.25) is 5.02 Å². The fourth-order valence-electron chi connectivity index (χ4n) is 2.99. The molecular weight excluding hydrogens is 468 g/mol. The zero-order valence-electron chi connectivity index (χ0n) is 16.0. The number of hydrogen-bond donors (Lipinski definition) is 2. The fourth-order valence-corrected chi connectivity index (χ4v) is 4.25. The first-order valence-corrected chi connectivity index (χ1v) is 10.1. The maximum atomic E-state index is 12.7. The van der Waals surface area contributed by atoms with Gasteiger partial charge in [0.1, 0.15) is 17.8 Å². The molecule has 8 nitrogen and oxygen atoms in total. The van der Waals surface area contributed by atoms with Crippen molar-refractivity contribution in [1.29, 1.82) is 0 Å². The van der Waals surface area contributed by atoms with Gasteiger partial charge >= 0.3 is 5.69 Å². The third kappa shape index (κ3) is 4.67. The highest BCUT2D eigenvalue weighted by Gasteiger charge is 2.31. The van der Waals surface area contributed by atoms with E-state index in [0.29, 0.717) is 27.7 Å². The summed E-state index contributed by atoms with van der Waals surface area (Å²) >= 11 is 7.45. The molecule has 0 radical (unpaired) electrons. The highest BCUT2D eigenvalue weighted by molar-refractivity contribution is 7.12. The first-order chi connectivity index (χ1) is 14.5. The first kappa shape index (κ1) is 23.0. The zero-order valence-corrected chi connectivity index (χ0v) is 18.3. The number of para-hydroxylation sites is 1. The summed E-state index contributed by atoms with van der Waals surface area (Å²) in [6, 6.07) is 8.76. The third-order valence-electron chi connectivity index (χ3n) is 4.54. The summed E-state index contributed by atoms with van der Waals surface area (Å²) in [5, 5.41) is 7.18. The van der Waals surface area contributed by atoms with Crippen molar-refractivity contribution in [1.82, 2.24) is 14.3 Å². The van der Waals surface area contributed by atoms with Crippen LogP contribution >= 0.6 is 35.3 Å². The van der Waals surface area contributed by atoms with E-state index < -0.39 is 6.10 Å². The average molecular weight is 486 g/mol.